The van der Waals surface area contributed by atoms with E-state index in [1.165, 1.54) is 0 Å². The van der Waals surface area contributed by atoms with Gasteiger partial charge < -0.3 is 0 Å². The Morgan fingerprint density at radius 2 is 1.20 bits per heavy atom. The second-order valence-electron chi connectivity index (χ2n) is 0.0833. The fourth-order valence-electron chi connectivity index (χ4n) is 0. The van der Waals surface area contributed by atoms with Crippen LogP contribution in [0.2, 0.25) is 0 Å². The van der Waals surface area contributed by atoms with Crippen LogP contribution in [0.4, 0.5) is 0 Å². The van der Waals surface area contributed by atoms with Crippen LogP contribution in [-0.4, -0.2) is 45.5 Å². The summed E-state index contributed by atoms with van der Waals surface area (Å²) in [6, 6.07) is 0. The summed E-state index contributed by atoms with van der Waals surface area (Å²) < 4.78 is 17.1. The van der Waals surface area contributed by atoms with E-state index >= 15 is 0 Å². The molecule has 5 heavy (non-hydrogen) atoms. The summed E-state index contributed by atoms with van der Waals surface area (Å²) in [5.74, 6) is 0. The molecule has 0 bridgehead atoms. The minimum absolute atomic E-state index is 0. The van der Waals surface area contributed by atoms with Crippen molar-refractivity contribution in [3.63, 3.8) is 0 Å². The molecule has 0 saturated heterocycles. The van der Waals surface area contributed by atoms with Gasteiger partial charge in [0, 0.05) is 0 Å². The van der Waals surface area contributed by atoms with Crippen molar-refractivity contribution in [1.82, 2.24) is 0 Å². The molecular weight excluding hydrogens is 284 g/mol. The molecule has 0 spiro atoms. The van der Waals surface area contributed by atoms with Crippen LogP contribution in [0.25, 0.3) is 0 Å². The van der Waals surface area contributed by atoms with Gasteiger partial charge in [-0.05, 0) is 0 Å². The summed E-state index contributed by atoms with van der Waals surface area (Å²) in [4.78, 5) is 0. The Kier molecular flexibility index (Phi) is 61.7. The summed E-state index contributed by atoms with van der Waals surface area (Å²) >= 11 is -2.27. The van der Waals surface area contributed by atoms with Gasteiger partial charge in [0.1, 0.15) is 0 Å². The summed E-state index contributed by atoms with van der Waals surface area (Å²) in [6.07, 6.45) is 0. The number of rotatable bonds is 0. The Hall–Kier alpha value is 1.22. The molecule has 0 aliphatic heterocycles. The van der Waals surface area contributed by atoms with Crippen molar-refractivity contribution in [2.45, 2.75) is 7.43 Å². The molecule has 0 aromatic heterocycles. The van der Waals surface area contributed by atoms with Crippen LogP contribution in [0.3, 0.4) is 0 Å². The van der Waals surface area contributed by atoms with Gasteiger partial charge in [-0.15, -0.1) is 0 Å². The first-order valence-corrected chi connectivity index (χ1v) is 2.74. The molecule has 0 aliphatic rings. The topological polar surface area (TPSA) is 34.1 Å². The van der Waals surface area contributed by atoms with Crippen LogP contribution < -0.4 is 0 Å². The fourth-order valence-corrected chi connectivity index (χ4v) is 0. The van der Waals surface area contributed by atoms with E-state index in [0.29, 0.717) is 0 Å². The summed E-state index contributed by atoms with van der Waals surface area (Å²) in [5, 5.41) is 0. The zero-order chi connectivity index (χ0) is 2.71. The zero-order valence-electron chi connectivity index (χ0n) is 2.02. The third-order valence-electron chi connectivity index (χ3n) is 0. The molecule has 2 nitrogen and oxygen atoms in total. The van der Waals surface area contributed by atoms with Crippen LogP contribution in [-0.2, 0) is 6.15 Å². The van der Waals surface area contributed by atoms with Crippen LogP contribution in [0, 0.1) is 0 Å². The van der Waals surface area contributed by atoms with Gasteiger partial charge in [-0.2, -0.15) is 0 Å². The summed E-state index contributed by atoms with van der Waals surface area (Å²) in [7, 11) is 0. The Balaban J connectivity index is -0.0000000200. The first-order chi connectivity index (χ1) is 1.41. The number of hydrogen-bond acceptors (Lipinski definition) is 2. The van der Waals surface area contributed by atoms with E-state index in [9.17, 15) is 0 Å². The molecule has 0 aliphatic carbocycles. The van der Waals surface area contributed by atoms with E-state index in [2.05, 4.69) is 0 Å². The normalized spacial score (nSPS) is 1.60. The predicted molar refractivity (Wildman–Crippen MR) is 23.8 cm³/mol. The van der Waals surface area contributed by atoms with Gasteiger partial charge in [-0.3, -0.25) is 0 Å². The van der Waals surface area contributed by atoms with Gasteiger partial charge in [0.15, 0.2) is 0 Å². The molecule has 0 unspecified atom stereocenters. The molecule has 0 atom stereocenters. The molecule has 0 saturated carbocycles. The molecule has 0 aromatic carbocycles. The van der Waals surface area contributed by atoms with Gasteiger partial charge in [-0.25, -0.2) is 0 Å². The maximum atomic E-state index is 8.54. The Bertz CT molecular complexity index is 30.6. The van der Waals surface area contributed by atoms with E-state index in [0.717, 1.165) is 0 Å². The average Bonchev–Trinajstić information content (AvgIpc) is 0.918. The summed E-state index contributed by atoms with van der Waals surface area (Å²) in [6.45, 7) is 0. The van der Waals surface area contributed by atoms with Crippen LogP contribution in [0.15, 0.2) is 0 Å². The van der Waals surface area contributed by atoms with E-state index in [1.807, 2.05) is 0 Å². The standard InChI is InChI=1S/CH4.2O.Sb.Sn.3H/h1H4;;;;;;;. The van der Waals surface area contributed by atoms with Crippen molar-refractivity contribution < 1.29 is 6.15 Å². The van der Waals surface area contributed by atoms with Crippen molar-refractivity contribution in [3.05, 3.63) is 0 Å². The molecule has 0 radical (unpaired) electrons. The van der Waals surface area contributed by atoms with E-state index < -0.39 is 21.1 Å². The van der Waals surface area contributed by atoms with Gasteiger partial charge >= 0.3 is 51.7 Å². The van der Waals surface area contributed by atoms with E-state index in [4.69, 9.17) is 6.15 Å². The van der Waals surface area contributed by atoms with Gasteiger partial charge in [-0.1, -0.05) is 7.43 Å². The van der Waals surface area contributed by atoms with Gasteiger partial charge in [0.25, 0.3) is 0 Å². The van der Waals surface area contributed by atoms with Crippen molar-refractivity contribution in [2.24, 2.45) is 0 Å². The van der Waals surface area contributed by atoms with Crippen LogP contribution in [0.5, 0.6) is 0 Å². The predicted octanol–water partition coefficient (Wildman–Crippen LogP) is -1.17. The second-order valence-corrected chi connectivity index (χ2v) is 0.559. The second kappa shape index (κ2) is 18.9. The molecule has 32 valence electrons. The molecule has 0 amide bonds. The molecule has 0 rings (SSSR count). The van der Waals surface area contributed by atoms with Crippen molar-refractivity contribution in [2.75, 3.05) is 0 Å². The Labute approximate surface area is 58.8 Å². The van der Waals surface area contributed by atoms with Crippen LogP contribution >= 0.6 is 0 Å². The molecule has 0 N–H and O–H groups in total. The summed E-state index contributed by atoms with van der Waals surface area (Å²) in [5.41, 5.74) is 0. The Morgan fingerprint density at radius 3 is 1.20 bits per heavy atom. The third kappa shape index (κ3) is 36.5. The first kappa shape index (κ1) is 16.4. The SMILES string of the molecule is C.[O]=[Sn]=[O].[SbH3]. The third-order valence-corrected chi connectivity index (χ3v) is 0. The van der Waals surface area contributed by atoms with Crippen molar-refractivity contribution >= 4 is 45.5 Å². The van der Waals surface area contributed by atoms with Crippen molar-refractivity contribution in [3.8, 4) is 0 Å². The molecule has 0 aromatic rings. The average molecular weight is 292 g/mol. The van der Waals surface area contributed by atoms with Gasteiger partial charge in [0.2, 0.25) is 0 Å². The molecule has 0 fully saturated rings. The molecular formula is CH7O2SbSn. The van der Waals surface area contributed by atoms with Crippen LogP contribution in [0.1, 0.15) is 7.43 Å². The van der Waals surface area contributed by atoms with E-state index in [-0.39, 0.29) is 31.9 Å². The molecule has 4 heteroatoms. The zero-order valence-corrected chi connectivity index (χ0v) is 8.91. The van der Waals surface area contributed by atoms with Crippen molar-refractivity contribution in [1.29, 1.82) is 0 Å². The number of hydrogen-bond donors (Lipinski definition) is 0. The monoisotopic (exact) mass is 292 g/mol. The molecule has 0 heterocycles. The Morgan fingerprint density at radius 1 is 1.20 bits per heavy atom. The van der Waals surface area contributed by atoms with E-state index in [1.54, 1.807) is 0 Å². The maximum absolute atomic E-state index is 8.54. The van der Waals surface area contributed by atoms with Gasteiger partial charge in [0.05, 0.1) is 0 Å². The first-order valence-electron chi connectivity index (χ1n) is 0.408. The minimum atomic E-state index is -2.27. The fraction of sp³-hybridized carbons (Fsp3) is 1.00. The quantitative estimate of drug-likeness (QED) is 0.527.